The number of rotatable bonds is 4. The van der Waals surface area contributed by atoms with E-state index in [1.807, 2.05) is 7.05 Å². The van der Waals surface area contributed by atoms with Gasteiger partial charge in [0, 0.05) is 18.7 Å². The highest BCUT2D eigenvalue weighted by Gasteiger charge is 2.18. The van der Waals surface area contributed by atoms with Crippen LogP contribution < -0.4 is 4.74 Å². The van der Waals surface area contributed by atoms with Crippen LogP contribution in [-0.4, -0.2) is 49.5 Å². The maximum Gasteiger partial charge on any atom is 0.125 e. The van der Waals surface area contributed by atoms with Crippen LogP contribution in [0.2, 0.25) is 0 Å². The summed E-state index contributed by atoms with van der Waals surface area (Å²) in [6.07, 6.45) is 0.0142. The average molecular weight is 255 g/mol. The lowest BCUT2D eigenvalue weighted by Gasteiger charge is -2.30. The second kappa shape index (κ2) is 6.13. The molecule has 1 atom stereocenters. The van der Waals surface area contributed by atoms with E-state index in [0.29, 0.717) is 24.5 Å². The first kappa shape index (κ1) is 13.3. The molecule has 0 radical (unpaired) electrons. The molecule has 0 aliphatic carbocycles. The van der Waals surface area contributed by atoms with E-state index in [2.05, 4.69) is 4.90 Å². The Labute approximate surface area is 106 Å². The molecule has 1 aromatic rings. The van der Waals surface area contributed by atoms with E-state index in [1.165, 1.54) is 18.2 Å². The van der Waals surface area contributed by atoms with Crippen molar-refractivity contribution in [3.05, 3.63) is 29.6 Å². The van der Waals surface area contributed by atoms with Crippen molar-refractivity contribution in [3.8, 4) is 5.75 Å². The van der Waals surface area contributed by atoms with Crippen LogP contribution in [0.25, 0.3) is 0 Å². The summed E-state index contributed by atoms with van der Waals surface area (Å²) >= 11 is 0. The Kier molecular flexibility index (Phi) is 4.52. The number of aliphatic hydroxyl groups is 1. The first-order valence-electron chi connectivity index (χ1n) is 6.01. The Morgan fingerprint density at radius 3 is 3.11 bits per heavy atom. The van der Waals surface area contributed by atoms with Gasteiger partial charge in [-0.05, 0) is 25.2 Å². The van der Waals surface area contributed by atoms with Gasteiger partial charge in [0.1, 0.15) is 24.3 Å². The summed E-state index contributed by atoms with van der Waals surface area (Å²) in [6.45, 7) is 2.60. The monoisotopic (exact) mass is 255 g/mol. The predicted molar refractivity (Wildman–Crippen MR) is 65.1 cm³/mol. The highest BCUT2D eigenvalue weighted by Crippen LogP contribution is 2.20. The molecule has 0 amide bonds. The van der Waals surface area contributed by atoms with Crippen molar-refractivity contribution in [3.63, 3.8) is 0 Å². The number of ether oxygens (including phenoxy) is 2. The van der Waals surface area contributed by atoms with Crippen molar-refractivity contribution in [1.29, 1.82) is 0 Å². The molecule has 1 aliphatic rings. The fourth-order valence-electron chi connectivity index (χ4n) is 1.96. The van der Waals surface area contributed by atoms with Gasteiger partial charge in [-0.15, -0.1) is 0 Å². The van der Waals surface area contributed by atoms with Crippen LogP contribution in [0.1, 0.15) is 5.56 Å². The Hall–Kier alpha value is -1.17. The molecule has 0 aromatic heterocycles. The molecule has 1 unspecified atom stereocenters. The summed E-state index contributed by atoms with van der Waals surface area (Å²) in [5, 5.41) is 9.14. The number of likely N-dealkylation sites (N-methyl/N-ethyl adjacent to an activating group) is 1. The number of nitrogens with zero attached hydrogens (tertiary/aromatic N) is 1. The Morgan fingerprint density at radius 2 is 2.39 bits per heavy atom. The summed E-state index contributed by atoms with van der Waals surface area (Å²) in [6, 6.07) is 4.14. The average Bonchev–Trinajstić information content (AvgIpc) is 2.37. The molecular weight excluding hydrogens is 237 g/mol. The molecule has 4 nitrogen and oxygen atoms in total. The maximum atomic E-state index is 13.0. The minimum atomic E-state index is -0.375. The van der Waals surface area contributed by atoms with Gasteiger partial charge in [0.25, 0.3) is 0 Å². The molecule has 1 fully saturated rings. The molecular formula is C13H18FNO3. The lowest BCUT2D eigenvalue weighted by Crippen LogP contribution is -2.42. The Balaban J connectivity index is 1.93. The van der Waals surface area contributed by atoms with E-state index in [9.17, 15) is 4.39 Å². The SMILES string of the molecule is CN1CCOC(COc2ccc(F)cc2CO)C1. The predicted octanol–water partition coefficient (Wildman–Crippen LogP) is 1.03. The number of halogens is 1. The molecule has 100 valence electrons. The molecule has 0 saturated carbocycles. The van der Waals surface area contributed by atoms with Crippen LogP contribution >= 0.6 is 0 Å². The molecule has 1 aliphatic heterocycles. The second-order valence-electron chi connectivity index (χ2n) is 4.48. The maximum absolute atomic E-state index is 13.0. The van der Waals surface area contributed by atoms with Crippen LogP contribution in [0.15, 0.2) is 18.2 Å². The molecule has 1 saturated heterocycles. The smallest absolute Gasteiger partial charge is 0.125 e. The topological polar surface area (TPSA) is 41.9 Å². The highest BCUT2D eigenvalue weighted by atomic mass is 19.1. The molecule has 0 bridgehead atoms. The van der Waals surface area contributed by atoms with Gasteiger partial charge in [-0.1, -0.05) is 0 Å². The quantitative estimate of drug-likeness (QED) is 0.872. The lowest BCUT2D eigenvalue weighted by atomic mass is 10.2. The van der Waals surface area contributed by atoms with Crippen molar-refractivity contribution in [2.45, 2.75) is 12.7 Å². The molecule has 5 heteroatoms. The molecule has 18 heavy (non-hydrogen) atoms. The summed E-state index contributed by atoms with van der Waals surface area (Å²) < 4.78 is 24.1. The van der Waals surface area contributed by atoms with Crippen LogP contribution in [0.3, 0.4) is 0 Å². The van der Waals surface area contributed by atoms with Crippen LogP contribution in [0.5, 0.6) is 5.75 Å². The first-order chi connectivity index (χ1) is 8.69. The molecule has 1 heterocycles. The van der Waals surface area contributed by atoms with Gasteiger partial charge in [-0.25, -0.2) is 4.39 Å². The normalized spacial score (nSPS) is 20.9. The third kappa shape index (κ3) is 3.41. The van der Waals surface area contributed by atoms with Gasteiger partial charge < -0.3 is 19.5 Å². The molecule has 1 N–H and O–H groups in total. The van der Waals surface area contributed by atoms with Gasteiger partial charge in [0.05, 0.1) is 13.2 Å². The van der Waals surface area contributed by atoms with Crippen molar-refractivity contribution < 1.29 is 19.0 Å². The summed E-state index contributed by atoms with van der Waals surface area (Å²) in [5.74, 6) is 0.135. The second-order valence-corrected chi connectivity index (χ2v) is 4.48. The zero-order chi connectivity index (χ0) is 13.0. The lowest BCUT2D eigenvalue weighted by molar-refractivity contribution is -0.0406. The Morgan fingerprint density at radius 1 is 1.56 bits per heavy atom. The van der Waals surface area contributed by atoms with Crippen molar-refractivity contribution in [2.75, 3.05) is 33.4 Å². The fourth-order valence-corrected chi connectivity index (χ4v) is 1.96. The number of benzene rings is 1. The van der Waals surface area contributed by atoms with Crippen LogP contribution in [-0.2, 0) is 11.3 Å². The first-order valence-corrected chi connectivity index (χ1v) is 6.01. The van der Waals surface area contributed by atoms with Gasteiger partial charge in [-0.2, -0.15) is 0 Å². The molecule has 1 aromatic carbocycles. The van der Waals surface area contributed by atoms with Gasteiger partial charge >= 0.3 is 0 Å². The van der Waals surface area contributed by atoms with Crippen LogP contribution in [0.4, 0.5) is 4.39 Å². The van der Waals surface area contributed by atoms with Crippen molar-refractivity contribution in [1.82, 2.24) is 4.90 Å². The van der Waals surface area contributed by atoms with Gasteiger partial charge in [0.2, 0.25) is 0 Å². The number of morpholine rings is 1. The van der Waals surface area contributed by atoms with E-state index in [4.69, 9.17) is 14.6 Å². The summed E-state index contributed by atoms with van der Waals surface area (Å²) in [5.41, 5.74) is 0.458. The number of hydrogen-bond acceptors (Lipinski definition) is 4. The van der Waals surface area contributed by atoms with E-state index in [-0.39, 0.29) is 18.5 Å². The standard InChI is InChI=1S/C13H18FNO3/c1-15-4-5-17-12(7-15)9-18-13-3-2-11(14)6-10(13)8-16/h2-3,6,12,16H,4-5,7-9H2,1H3. The number of aliphatic hydroxyl groups excluding tert-OH is 1. The zero-order valence-electron chi connectivity index (χ0n) is 10.4. The fraction of sp³-hybridized carbons (Fsp3) is 0.538. The minimum absolute atomic E-state index is 0.0142. The zero-order valence-corrected chi connectivity index (χ0v) is 10.4. The third-order valence-corrected chi connectivity index (χ3v) is 2.96. The van der Waals surface area contributed by atoms with E-state index >= 15 is 0 Å². The number of hydrogen-bond donors (Lipinski definition) is 1. The van der Waals surface area contributed by atoms with Crippen LogP contribution in [0, 0.1) is 5.82 Å². The van der Waals surface area contributed by atoms with E-state index < -0.39 is 0 Å². The van der Waals surface area contributed by atoms with E-state index in [1.54, 1.807) is 0 Å². The van der Waals surface area contributed by atoms with Crippen molar-refractivity contribution >= 4 is 0 Å². The van der Waals surface area contributed by atoms with Gasteiger partial charge in [-0.3, -0.25) is 0 Å². The van der Waals surface area contributed by atoms with Crippen molar-refractivity contribution in [2.24, 2.45) is 0 Å². The molecule has 0 spiro atoms. The highest BCUT2D eigenvalue weighted by molar-refractivity contribution is 5.33. The molecule has 2 rings (SSSR count). The van der Waals surface area contributed by atoms with E-state index in [0.717, 1.165) is 13.1 Å². The van der Waals surface area contributed by atoms with Gasteiger partial charge in [0.15, 0.2) is 0 Å². The largest absolute Gasteiger partial charge is 0.490 e. The summed E-state index contributed by atoms with van der Waals surface area (Å²) in [4.78, 5) is 2.18. The minimum Gasteiger partial charge on any atom is -0.490 e. The third-order valence-electron chi connectivity index (χ3n) is 2.96. The summed E-state index contributed by atoms with van der Waals surface area (Å²) in [7, 11) is 2.03. The Bertz CT molecular complexity index is 400.